The molecule has 2 aromatic carbocycles. The van der Waals surface area contributed by atoms with Gasteiger partial charge in [-0.25, -0.2) is 9.97 Å². The number of methoxy groups -OCH3 is 1. The van der Waals surface area contributed by atoms with Crippen LogP contribution in [-0.2, 0) is 0 Å². The maximum Gasteiger partial charge on any atom is 0.153 e. The Bertz CT molecular complexity index is 1110. The Hall–Kier alpha value is -2.92. The van der Waals surface area contributed by atoms with Gasteiger partial charge in [-0.05, 0) is 18.4 Å². The first kappa shape index (κ1) is 16.5. The fourth-order valence-corrected chi connectivity index (χ4v) is 3.23. The normalized spacial score (nSPS) is 11.0. The van der Waals surface area contributed by atoms with Crippen LogP contribution in [-0.4, -0.2) is 28.6 Å². The van der Waals surface area contributed by atoms with E-state index < -0.39 is 0 Å². The van der Waals surface area contributed by atoms with Crippen molar-refractivity contribution in [2.45, 2.75) is 6.92 Å². The lowest BCUT2D eigenvalue weighted by molar-refractivity contribution is 0.415. The number of anilines is 1. The Kier molecular flexibility index (Phi) is 4.31. The van der Waals surface area contributed by atoms with Gasteiger partial charge in [-0.2, -0.15) is 0 Å². The summed E-state index contributed by atoms with van der Waals surface area (Å²) in [4.78, 5) is 14.0. The average molecular weight is 365 g/mol. The van der Waals surface area contributed by atoms with Crippen molar-refractivity contribution in [1.82, 2.24) is 15.0 Å². The fourth-order valence-electron chi connectivity index (χ4n) is 3.00. The van der Waals surface area contributed by atoms with Crippen molar-refractivity contribution >= 4 is 39.2 Å². The maximum atomic E-state index is 6.28. The largest absolute Gasteiger partial charge is 0.495 e. The molecule has 130 valence electrons. The van der Waals surface area contributed by atoms with E-state index in [4.69, 9.17) is 26.3 Å². The molecule has 2 heterocycles. The lowest BCUT2D eigenvalue weighted by Gasteiger charge is -2.13. The lowest BCUT2D eigenvalue weighted by atomic mass is 10.0. The van der Waals surface area contributed by atoms with Crippen LogP contribution in [0.25, 0.3) is 33.1 Å². The SMILES string of the molecule is CCNc1nc2cc(OC)c(Cl)cc2nc1-c1cncc2ccccc12. The summed E-state index contributed by atoms with van der Waals surface area (Å²) >= 11 is 6.28. The molecule has 0 spiro atoms. The number of nitrogens with one attached hydrogen (secondary N) is 1. The highest BCUT2D eigenvalue weighted by atomic mass is 35.5. The molecule has 0 aliphatic carbocycles. The van der Waals surface area contributed by atoms with Crippen molar-refractivity contribution in [1.29, 1.82) is 0 Å². The molecule has 4 rings (SSSR count). The Morgan fingerprint density at radius 3 is 2.69 bits per heavy atom. The molecular weight excluding hydrogens is 348 g/mol. The zero-order chi connectivity index (χ0) is 18.1. The van der Waals surface area contributed by atoms with E-state index in [2.05, 4.69) is 16.4 Å². The summed E-state index contributed by atoms with van der Waals surface area (Å²) in [5.41, 5.74) is 3.12. The lowest BCUT2D eigenvalue weighted by Crippen LogP contribution is -2.04. The van der Waals surface area contributed by atoms with E-state index in [1.165, 1.54) is 0 Å². The van der Waals surface area contributed by atoms with Gasteiger partial charge in [0.15, 0.2) is 5.82 Å². The topological polar surface area (TPSA) is 59.9 Å². The first-order valence-electron chi connectivity index (χ1n) is 8.33. The number of benzene rings is 2. The minimum Gasteiger partial charge on any atom is -0.495 e. The smallest absolute Gasteiger partial charge is 0.153 e. The van der Waals surface area contributed by atoms with E-state index in [1.807, 2.05) is 37.5 Å². The van der Waals surface area contributed by atoms with E-state index in [0.29, 0.717) is 22.1 Å². The summed E-state index contributed by atoms with van der Waals surface area (Å²) in [6.45, 7) is 2.76. The first-order valence-corrected chi connectivity index (χ1v) is 8.71. The van der Waals surface area contributed by atoms with Crippen LogP contribution in [0.4, 0.5) is 5.82 Å². The van der Waals surface area contributed by atoms with Gasteiger partial charge in [0.2, 0.25) is 0 Å². The first-order chi connectivity index (χ1) is 12.7. The van der Waals surface area contributed by atoms with E-state index >= 15 is 0 Å². The highest BCUT2D eigenvalue weighted by Gasteiger charge is 2.15. The molecule has 0 radical (unpaired) electrons. The molecule has 26 heavy (non-hydrogen) atoms. The van der Waals surface area contributed by atoms with Crippen LogP contribution in [0.15, 0.2) is 48.8 Å². The minimum atomic E-state index is 0.507. The number of pyridine rings is 1. The number of hydrogen-bond donors (Lipinski definition) is 1. The molecule has 0 amide bonds. The van der Waals surface area contributed by atoms with E-state index in [1.54, 1.807) is 19.2 Å². The highest BCUT2D eigenvalue weighted by molar-refractivity contribution is 6.32. The van der Waals surface area contributed by atoms with Crippen molar-refractivity contribution < 1.29 is 4.74 Å². The number of halogens is 1. The van der Waals surface area contributed by atoms with Gasteiger partial charge in [-0.3, -0.25) is 4.98 Å². The summed E-state index contributed by atoms with van der Waals surface area (Å²) < 4.78 is 5.30. The molecule has 0 atom stereocenters. The maximum absolute atomic E-state index is 6.28. The van der Waals surface area contributed by atoms with Crippen LogP contribution in [0.2, 0.25) is 5.02 Å². The van der Waals surface area contributed by atoms with Gasteiger partial charge in [0.1, 0.15) is 11.4 Å². The van der Waals surface area contributed by atoms with Crippen LogP contribution in [0.1, 0.15) is 6.92 Å². The second-order valence-electron chi connectivity index (χ2n) is 5.83. The summed E-state index contributed by atoms with van der Waals surface area (Å²) in [6.07, 6.45) is 3.67. The molecule has 0 saturated carbocycles. The van der Waals surface area contributed by atoms with Crippen LogP contribution < -0.4 is 10.1 Å². The number of fused-ring (bicyclic) bond motifs is 2. The number of hydrogen-bond acceptors (Lipinski definition) is 5. The van der Waals surface area contributed by atoms with Gasteiger partial charge in [-0.15, -0.1) is 0 Å². The van der Waals surface area contributed by atoms with Crippen LogP contribution >= 0.6 is 11.6 Å². The number of rotatable bonds is 4. The van der Waals surface area contributed by atoms with E-state index in [0.717, 1.165) is 34.1 Å². The molecule has 0 unspecified atom stereocenters. The van der Waals surface area contributed by atoms with Crippen molar-refractivity contribution in [3.8, 4) is 17.0 Å². The third-order valence-electron chi connectivity index (χ3n) is 4.21. The van der Waals surface area contributed by atoms with Crippen LogP contribution in [0, 0.1) is 0 Å². The number of nitrogens with zero attached hydrogens (tertiary/aromatic N) is 3. The van der Waals surface area contributed by atoms with Crippen LogP contribution in [0.3, 0.4) is 0 Å². The Morgan fingerprint density at radius 2 is 1.88 bits per heavy atom. The van der Waals surface area contributed by atoms with Gasteiger partial charge in [0.25, 0.3) is 0 Å². The summed E-state index contributed by atoms with van der Waals surface area (Å²) in [5, 5.41) is 5.95. The quantitative estimate of drug-likeness (QED) is 0.555. The second kappa shape index (κ2) is 6.77. The monoisotopic (exact) mass is 364 g/mol. The Morgan fingerprint density at radius 1 is 1.08 bits per heavy atom. The predicted octanol–water partition coefficient (Wildman–Crippen LogP) is 4.94. The molecule has 0 saturated heterocycles. The standard InChI is InChI=1S/C20H17ClN4O/c1-3-23-20-19(14-11-22-10-12-6-4-5-7-13(12)14)24-16-8-15(21)18(26-2)9-17(16)25-20/h4-11H,3H2,1-2H3,(H,23,25). The summed E-state index contributed by atoms with van der Waals surface area (Å²) in [5.74, 6) is 1.29. The van der Waals surface area contributed by atoms with Crippen molar-refractivity contribution in [3.63, 3.8) is 0 Å². The molecule has 4 aromatic rings. The molecule has 0 fully saturated rings. The third kappa shape index (κ3) is 2.80. The third-order valence-corrected chi connectivity index (χ3v) is 4.50. The minimum absolute atomic E-state index is 0.507. The zero-order valence-electron chi connectivity index (χ0n) is 14.5. The zero-order valence-corrected chi connectivity index (χ0v) is 15.2. The van der Waals surface area contributed by atoms with Gasteiger partial charge in [0, 0.05) is 36.0 Å². The molecular formula is C20H17ClN4O. The van der Waals surface area contributed by atoms with Gasteiger partial charge < -0.3 is 10.1 Å². The summed E-state index contributed by atoms with van der Waals surface area (Å²) in [6, 6.07) is 11.7. The number of aromatic nitrogens is 3. The molecule has 0 bridgehead atoms. The molecule has 5 nitrogen and oxygen atoms in total. The Balaban J connectivity index is 2.02. The van der Waals surface area contributed by atoms with Gasteiger partial charge >= 0.3 is 0 Å². The molecule has 1 N–H and O–H groups in total. The van der Waals surface area contributed by atoms with Crippen molar-refractivity contribution in [2.24, 2.45) is 0 Å². The highest BCUT2D eigenvalue weighted by Crippen LogP contribution is 2.34. The fraction of sp³-hybridized carbons (Fsp3) is 0.150. The predicted molar refractivity (Wildman–Crippen MR) is 106 cm³/mol. The average Bonchev–Trinajstić information content (AvgIpc) is 2.67. The molecule has 0 aliphatic rings. The van der Waals surface area contributed by atoms with E-state index in [9.17, 15) is 0 Å². The van der Waals surface area contributed by atoms with Gasteiger partial charge in [-0.1, -0.05) is 35.9 Å². The van der Waals surface area contributed by atoms with Crippen molar-refractivity contribution in [3.05, 3.63) is 53.8 Å². The molecule has 6 heteroatoms. The molecule has 0 aliphatic heterocycles. The summed E-state index contributed by atoms with van der Waals surface area (Å²) in [7, 11) is 1.59. The van der Waals surface area contributed by atoms with Crippen LogP contribution in [0.5, 0.6) is 5.75 Å². The van der Waals surface area contributed by atoms with E-state index in [-0.39, 0.29) is 0 Å². The molecule has 2 aromatic heterocycles. The Labute approximate surface area is 156 Å². The van der Waals surface area contributed by atoms with Gasteiger partial charge in [0.05, 0.1) is 23.2 Å². The second-order valence-corrected chi connectivity index (χ2v) is 6.24. The van der Waals surface area contributed by atoms with Crippen molar-refractivity contribution in [2.75, 3.05) is 19.0 Å². The number of ether oxygens (including phenoxy) is 1.